The van der Waals surface area contributed by atoms with Crippen LogP contribution in [-0.2, 0) is 15.8 Å². The average Bonchev–Trinajstić information content (AvgIpc) is 3.50. The van der Waals surface area contributed by atoms with Gasteiger partial charge in [-0.1, -0.05) is 93.0 Å². The summed E-state index contributed by atoms with van der Waals surface area (Å²) in [5, 5.41) is 3.83. The highest BCUT2D eigenvalue weighted by Crippen LogP contribution is 2.41. The van der Waals surface area contributed by atoms with E-state index in [4.69, 9.17) is 20.8 Å². The number of anilines is 1. The number of morpholine rings is 1. The minimum atomic E-state index is -2.94. The lowest BCUT2D eigenvalue weighted by Gasteiger charge is -2.43. The SMILES string of the molecule is CC1CN(c2c(CO[Si](c3ccccc3)(c3ccccc3)C(C)(C)C)cc(C(=O)c3nccs3)c(F)c2Cl)CC(C)O1. The van der Waals surface area contributed by atoms with Crippen LogP contribution in [0.1, 0.15) is 55.5 Å². The van der Waals surface area contributed by atoms with Crippen molar-refractivity contribution < 1.29 is 18.3 Å². The van der Waals surface area contributed by atoms with E-state index in [2.05, 4.69) is 54.9 Å². The minimum absolute atomic E-state index is 0.0741. The van der Waals surface area contributed by atoms with E-state index >= 15 is 4.39 Å². The second kappa shape index (κ2) is 12.4. The lowest BCUT2D eigenvalue weighted by Crippen LogP contribution is -2.66. The maximum atomic E-state index is 16.0. The fraction of sp³-hybridized carbons (Fsp3) is 0.333. The normalized spacial score (nSPS) is 17.8. The first-order valence-corrected chi connectivity index (χ1v) is 17.3. The average molecular weight is 623 g/mol. The lowest BCUT2D eigenvalue weighted by atomic mass is 10.0. The molecule has 1 fully saturated rings. The van der Waals surface area contributed by atoms with Crippen LogP contribution in [0.5, 0.6) is 0 Å². The molecule has 1 aliphatic rings. The summed E-state index contributed by atoms with van der Waals surface area (Å²) in [6, 6.07) is 22.3. The molecule has 1 aliphatic heterocycles. The van der Waals surface area contributed by atoms with Crippen LogP contribution in [0.4, 0.5) is 10.1 Å². The van der Waals surface area contributed by atoms with Crippen LogP contribution in [-0.4, -0.2) is 44.4 Å². The molecule has 0 spiro atoms. The molecular weight excluding hydrogens is 587 g/mol. The lowest BCUT2D eigenvalue weighted by molar-refractivity contribution is -0.00532. The van der Waals surface area contributed by atoms with Crippen molar-refractivity contribution in [2.24, 2.45) is 0 Å². The zero-order chi connectivity index (χ0) is 30.1. The van der Waals surface area contributed by atoms with Crippen LogP contribution in [0.25, 0.3) is 0 Å². The summed E-state index contributed by atoms with van der Waals surface area (Å²) >= 11 is 8.01. The second-order valence-corrected chi connectivity index (χ2v) is 17.4. The summed E-state index contributed by atoms with van der Waals surface area (Å²) < 4.78 is 29.2. The van der Waals surface area contributed by atoms with Crippen LogP contribution in [0, 0.1) is 5.82 Å². The molecule has 2 unspecified atom stereocenters. The van der Waals surface area contributed by atoms with Crippen molar-refractivity contribution in [2.75, 3.05) is 18.0 Å². The molecule has 2 atom stereocenters. The van der Waals surface area contributed by atoms with Gasteiger partial charge in [0, 0.05) is 30.2 Å². The zero-order valence-corrected chi connectivity index (χ0v) is 27.1. The molecule has 3 aromatic carbocycles. The Bertz CT molecular complexity index is 1480. The Morgan fingerprint density at radius 1 is 1.07 bits per heavy atom. The van der Waals surface area contributed by atoms with Crippen molar-refractivity contribution in [3.63, 3.8) is 0 Å². The first-order chi connectivity index (χ1) is 20.0. The predicted molar refractivity (Wildman–Crippen MR) is 172 cm³/mol. The molecule has 4 aromatic rings. The van der Waals surface area contributed by atoms with Crippen molar-refractivity contribution in [3.8, 4) is 0 Å². The van der Waals surface area contributed by atoms with Gasteiger partial charge in [0.15, 0.2) is 10.8 Å². The van der Waals surface area contributed by atoms with E-state index in [1.54, 1.807) is 11.4 Å². The molecule has 1 aromatic heterocycles. The Morgan fingerprint density at radius 2 is 1.64 bits per heavy atom. The molecule has 5 nitrogen and oxygen atoms in total. The van der Waals surface area contributed by atoms with Gasteiger partial charge in [-0.15, -0.1) is 11.3 Å². The van der Waals surface area contributed by atoms with Gasteiger partial charge in [-0.05, 0) is 35.3 Å². The largest absolute Gasteiger partial charge is 0.403 e. The fourth-order valence-corrected chi connectivity index (χ4v) is 11.5. The van der Waals surface area contributed by atoms with Gasteiger partial charge in [-0.2, -0.15) is 0 Å². The predicted octanol–water partition coefficient (Wildman–Crippen LogP) is 6.86. The van der Waals surface area contributed by atoms with Crippen LogP contribution in [0.3, 0.4) is 0 Å². The Labute approximate surface area is 257 Å². The quantitative estimate of drug-likeness (QED) is 0.159. The highest BCUT2D eigenvalue weighted by atomic mass is 35.5. The number of hydrogen-bond acceptors (Lipinski definition) is 6. The molecule has 42 heavy (non-hydrogen) atoms. The number of thiazole rings is 1. The number of carbonyl (C=O) groups excluding carboxylic acids is 1. The number of carbonyl (C=O) groups is 1. The number of ether oxygens (including phenoxy) is 1. The molecule has 5 rings (SSSR count). The Morgan fingerprint density at radius 3 is 2.14 bits per heavy atom. The van der Waals surface area contributed by atoms with E-state index in [-0.39, 0.29) is 39.4 Å². The van der Waals surface area contributed by atoms with Gasteiger partial charge in [-0.25, -0.2) is 9.37 Å². The summed E-state index contributed by atoms with van der Waals surface area (Å²) in [6.07, 6.45) is 1.39. The minimum Gasteiger partial charge on any atom is -0.403 e. The van der Waals surface area contributed by atoms with Gasteiger partial charge in [0.1, 0.15) is 5.02 Å². The molecule has 0 N–H and O–H groups in total. The van der Waals surface area contributed by atoms with E-state index in [0.717, 1.165) is 10.4 Å². The summed E-state index contributed by atoms with van der Waals surface area (Å²) in [5.74, 6) is -1.24. The van der Waals surface area contributed by atoms with E-state index < -0.39 is 19.9 Å². The Kier molecular flexibility index (Phi) is 9.01. The number of aromatic nitrogens is 1. The van der Waals surface area contributed by atoms with Crippen molar-refractivity contribution in [1.29, 1.82) is 0 Å². The fourth-order valence-electron chi connectivity index (χ4n) is 6.05. The first kappa shape index (κ1) is 30.6. The summed E-state index contributed by atoms with van der Waals surface area (Å²) in [6.45, 7) is 11.8. The third-order valence-corrected chi connectivity index (χ3v) is 13.8. The van der Waals surface area contributed by atoms with Crippen LogP contribution >= 0.6 is 22.9 Å². The van der Waals surface area contributed by atoms with Crippen LogP contribution in [0.2, 0.25) is 10.1 Å². The molecule has 9 heteroatoms. The molecule has 220 valence electrons. The highest BCUT2D eigenvalue weighted by molar-refractivity contribution is 7.11. The smallest absolute Gasteiger partial charge is 0.261 e. The van der Waals surface area contributed by atoms with Gasteiger partial charge >= 0.3 is 0 Å². The third kappa shape index (κ3) is 5.83. The van der Waals surface area contributed by atoms with Crippen molar-refractivity contribution in [3.05, 3.63) is 105 Å². The van der Waals surface area contributed by atoms with Crippen LogP contribution < -0.4 is 15.3 Å². The van der Waals surface area contributed by atoms with E-state index in [1.165, 1.54) is 17.5 Å². The topological polar surface area (TPSA) is 51.7 Å². The van der Waals surface area contributed by atoms with Gasteiger partial charge in [-0.3, -0.25) is 4.79 Å². The molecule has 2 heterocycles. The highest BCUT2D eigenvalue weighted by Gasteiger charge is 2.50. The standard InChI is InChI=1S/C33H36ClFN2O3SSi/c1-22-19-37(20-23(2)40-22)30-24(18-27(29(35)28(30)34)31(38)32-36-16-17-41-32)21-39-42(33(3,4)5,25-12-8-6-9-13-25)26-14-10-7-11-15-26/h6-18,22-23H,19-21H2,1-5H3. The molecule has 0 radical (unpaired) electrons. The Hall–Kier alpha value is -2.88. The number of halogens is 2. The van der Waals surface area contributed by atoms with Crippen LogP contribution in [0.15, 0.2) is 78.3 Å². The first-order valence-electron chi connectivity index (χ1n) is 14.1. The third-order valence-electron chi connectivity index (χ3n) is 7.73. The zero-order valence-electron chi connectivity index (χ0n) is 24.6. The Balaban J connectivity index is 1.68. The van der Waals surface area contributed by atoms with Gasteiger partial charge in [0.05, 0.1) is 30.1 Å². The molecule has 0 saturated carbocycles. The summed E-state index contributed by atoms with van der Waals surface area (Å²) in [4.78, 5) is 19.6. The van der Waals surface area contributed by atoms with Crippen molar-refractivity contribution in [2.45, 2.75) is 58.5 Å². The van der Waals surface area contributed by atoms with Crippen molar-refractivity contribution >= 4 is 53.1 Å². The number of ketones is 1. The number of rotatable bonds is 8. The van der Waals surface area contributed by atoms with Crippen molar-refractivity contribution in [1.82, 2.24) is 4.98 Å². The summed E-state index contributed by atoms with van der Waals surface area (Å²) in [7, 11) is -2.94. The molecule has 1 saturated heterocycles. The van der Waals surface area contributed by atoms with Gasteiger partial charge < -0.3 is 14.1 Å². The molecule has 0 aliphatic carbocycles. The number of hydrogen-bond donors (Lipinski definition) is 0. The van der Waals surface area contributed by atoms with Gasteiger partial charge in [0.25, 0.3) is 8.32 Å². The van der Waals surface area contributed by atoms with Gasteiger partial charge in [0.2, 0.25) is 5.78 Å². The molecule has 0 amide bonds. The van der Waals surface area contributed by atoms with E-state index in [1.807, 2.05) is 50.2 Å². The molecular formula is C33H36ClFN2O3SSi. The monoisotopic (exact) mass is 622 g/mol. The maximum absolute atomic E-state index is 16.0. The number of nitrogens with zero attached hydrogens (tertiary/aromatic N) is 2. The summed E-state index contributed by atoms with van der Waals surface area (Å²) in [5.41, 5.74) is 1.11. The number of benzene rings is 3. The molecule has 0 bridgehead atoms. The maximum Gasteiger partial charge on any atom is 0.261 e. The second-order valence-electron chi connectivity index (χ2n) is 11.8. The van der Waals surface area contributed by atoms with E-state index in [9.17, 15) is 4.79 Å². The van der Waals surface area contributed by atoms with E-state index in [0.29, 0.717) is 24.3 Å².